The summed E-state index contributed by atoms with van der Waals surface area (Å²) in [5.41, 5.74) is 1.66. The SMILES string of the molecule is CCOc1cc(C=Nn2c(-c3cc4cc(Br)ccc4o3)nc3ccccc3c2=O)cc(Br)c1O[C@H](C)CC. The molecule has 0 fully saturated rings. The Labute approximate surface area is 236 Å². The van der Waals surface area contributed by atoms with Crippen LogP contribution in [0.2, 0.25) is 0 Å². The van der Waals surface area contributed by atoms with Gasteiger partial charge in [-0.15, -0.1) is 0 Å². The maximum absolute atomic E-state index is 13.6. The summed E-state index contributed by atoms with van der Waals surface area (Å²) in [4.78, 5) is 18.3. The monoisotopic (exact) mass is 637 g/mol. The quantitative estimate of drug-likeness (QED) is 0.162. The van der Waals surface area contributed by atoms with Crippen molar-refractivity contribution in [2.24, 2.45) is 5.10 Å². The van der Waals surface area contributed by atoms with Gasteiger partial charge in [0.15, 0.2) is 17.3 Å². The molecule has 0 saturated carbocycles. The average Bonchev–Trinajstić information content (AvgIpc) is 3.33. The molecule has 0 radical (unpaired) electrons. The van der Waals surface area contributed by atoms with Crippen molar-refractivity contribution in [2.45, 2.75) is 33.3 Å². The van der Waals surface area contributed by atoms with Crippen LogP contribution in [0.4, 0.5) is 0 Å². The lowest BCUT2D eigenvalue weighted by Gasteiger charge is -2.18. The van der Waals surface area contributed by atoms with Crippen LogP contribution in [0.25, 0.3) is 33.5 Å². The van der Waals surface area contributed by atoms with Crippen LogP contribution < -0.4 is 15.0 Å². The van der Waals surface area contributed by atoms with Crippen LogP contribution in [0.1, 0.15) is 32.8 Å². The van der Waals surface area contributed by atoms with Crippen LogP contribution in [0.5, 0.6) is 11.5 Å². The highest BCUT2D eigenvalue weighted by Gasteiger charge is 2.18. The van der Waals surface area contributed by atoms with E-state index in [1.54, 1.807) is 24.4 Å². The minimum atomic E-state index is -0.302. The molecule has 0 aliphatic rings. The summed E-state index contributed by atoms with van der Waals surface area (Å²) in [5, 5.41) is 5.91. The summed E-state index contributed by atoms with van der Waals surface area (Å²) >= 11 is 7.10. The number of aromatic nitrogens is 2. The third-order valence-corrected chi connectivity index (χ3v) is 7.08. The molecule has 194 valence electrons. The van der Waals surface area contributed by atoms with E-state index < -0.39 is 0 Å². The Hall–Kier alpha value is -3.43. The summed E-state index contributed by atoms with van der Waals surface area (Å²) in [6.45, 7) is 6.47. The van der Waals surface area contributed by atoms with E-state index in [-0.39, 0.29) is 11.7 Å². The van der Waals surface area contributed by atoms with Gasteiger partial charge in [0.25, 0.3) is 5.56 Å². The van der Waals surface area contributed by atoms with Gasteiger partial charge in [0.2, 0.25) is 5.82 Å². The lowest BCUT2D eigenvalue weighted by atomic mass is 10.2. The fraction of sp³-hybridized carbons (Fsp3) is 0.207. The predicted octanol–water partition coefficient (Wildman–Crippen LogP) is 7.79. The minimum absolute atomic E-state index is 0.0271. The van der Waals surface area contributed by atoms with Crippen molar-refractivity contribution in [2.75, 3.05) is 6.61 Å². The second-order valence-corrected chi connectivity index (χ2v) is 10.5. The lowest BCUT2D eigenvalue weighted by Crippen LogP contribution is -2.20. The lowest BCUT2D eigenvalue weighted by molar-refractivity contribution is 0.202. The summed E-state index contributed by atoms with van der Waals surface area (Å²) in [7, 11) is 0. The third kappa shape index (κ3) is 5.26. The zero-order valence-corrected chi connectivity index (χ0v) is 24.2. The molecule has 0 N–H and O–H groups in total. The second kappa shape index (κ2) is 11.1. The Kier molecular flexibility index (Phi) is 7.67. The first-order chi connectivity index (χ1) is 18.4. The molecule has 2 heterocycles. The molecule has 3 aromatic carbocycles. The Morgan fingerprint density at radius 1 is 1.11 bits per heavy atom. The Balaban J connectivity index is 1.64. The number of nitrogens with zero attached hydrogens (tertiary/aromatic N) is 3. The van der Waals surface area contributed by atoms with E-state index in [4.69, 9.17) is 18.9 Å². The molecular formula is C29H25Br2N3O4. The molecule has 0 aliphatic carbocycles. The smallest absolute Gasteiger partial charge is 0.282 e. The number of rotatable bonds is 8. The van der Waals surface area contributed by atoms with Gasteiger partial charge in [-0.05, 0) is 90.3 Å². The molecule has 0 unspecified atom stereocenters. The van der Waals surface area contributed by atoms with Gasteiger partial charge in [-0.3, -0.25) is 4.79 Å². The first-order valence-corrected chi connectivity index (χ1v) is 13.8. The number of hydrogen-bond donors (Lipinski definition) is 0. The van der Waals surface area contributed by atoms with E-state index in [0.717, 1.165) is 26.3 Å². The zero-order chi connectivity index (χ0) is 26.8. The van der Waals surface area contributed by atoms with Crippen LogP contribution in [0, 0.1) is 0 Å². The number of halogens is 2. The van der Waals surface area contributed by atoms with Gasteiger partial charge in [-0.25, -0.2) is 4.98 Å². The standard InChI is InChI=1S/C29H25Br2N3O4/c1-4-17(3)37-27-22(31)12-18(13-25(27)36-5-2)16-32-34-28(33-23-9-7-6-8-21(23)29(34)35)26-15-19-14-20(30)10-11-24(19)38-26/h6-17H,4-5H2,1-3H3/t17-/m1/s1. The number of fused-ring (bicyclic) bond motifs is 2. The maximum atomic E-state index is 13.6. The molecule has 7 nitrogen and oxygen atoms in total. The Bertz CT molecular complexity index is 1730. The molecule has 9 heteroatoms. The summed E-state index contributed by atoms with van der Waals surface area (Å²) < 4.78 is 20.9. The molecule has 38 heavy (non-hydrogen) atoms. The van der Waals surface area contributed by atoms with Crippen molar-refractivity contribution in [3.05, 3.63) is 85.5 Å². The number of para-hydroxylation sites is 1. The number of hydrogen-bond acceptors (Lipinski definition) is 6. The van der Waals surface area contributed by atoms with Crippen molar-refractivity contribution in [3.63, 3.8) is 0 Å². The summed E-state index contributed by atoms with van der Waals surface area (Å²) in [6, 6.07) is 18.5. The van der Waals surface area contributed by atoms with Crippen molar-refractivity contribution in [1.29, 1.82) is 0 Å². The Morgan fingerprint density at radius 2 is 1.92 bits per heavy atom. The molecule has 1 atom stereocenters. The predicted molar refractivity (Wildman–Crippen MR) is 158 cm³/mol. The minimum Gasteiger partial charge on any atom is -0.490 e. The van der Waals surface area contributed by atoms with Gasteiger partial charge >= 0.3 is 0 Å². The van der Waals surface area contributed by atoms with Gasteiger partial charge < -0.3 is 13.9 Å². The first kappa shape index (κ1) is 26.2. The molecule has 5 aromatic rings. The normalized spacial score (nSPS) is 12.4. The van der Waals surface area contributed by atoms with Gasteiger partial charge in [0, 0.05) is 9.86 Å². The molecule has 0 bridgehead atoms. The number of benzene rings is 3. The first-order valence-electron chi connectivity index (χ1n) is 12.3. The maximum Gasteiger partial charge on any atom is 0.282 e. The zero-order valence-electron chi connectivity index (χ0n) is 21.1. The van der Waals surface area contributed by atoms with Crippen LogP contribution in [0.15, 0.2) is 83.9 Å². The van der Waals surface area contributed by atoms with Crippen molar-refractivity contribution in [3.8, 4) is 23.1 Å². The van der Waals surface area contributed by atoms with E-state index in [2.05, 4.69) is 43.9 Å². The summed E-state index contributed by atoms with van der Waals surface area (Å²) in [6.07, 6.45) is 2.49. The van der Waals surface area contributed by atoms with Gasteiger partial charge in [-0.2, -0.15) is 9.78 Å². The average molecular weight is 639 g/mol. The van der Waals surface area contributed by atoms with Gasteiger partial charge in [-0.1, -0.05) is 35.0 Å². The number of furan rings is 1. The fourth-order valence-corrected chi connectivity index (χ4v) is 4.90. The second-order valence-electron chi connectivity index (χ2n) is 8.71. The van der Waals surface area contributed by atoms with Gasteiger partial charge in [0.05, 0.1) is 34.3 Å². The fourth-order valence-electron chi connectivity index (χ4n) is 3.96. The van der Waals surface area contributed by atoms with Crippen molar-refractivity contribution < 1.29 is 13.9 Å². The van der Waals surface area contributed by atoms with E-state index in [1.807, 2.05) is 56.3 Å². The van der Waals surface area contributed by atoms with Crippen LogP contribution in [-0.4, -0.2) is 28.6 Å². The highest BCUT2D eigenvalue weighted by Crippen LogP contribution is 2.37. The topological polar surface area (TPSA) is 78.9 Å². The molecule has 0 saturated heterocycles. The molecule has 0 amide bonds. The van der Waals surface area contributed by atoms with Crippen LogP contribution in [0.3, 0.4) is 0 Å². The molecule has 2 aromatic heterocycles. The van der Waals surface area contributed by atoms with Crippen LogP contribution in [-0.2, 0) is 0 Å². The largest absolute Gasteiger partial charge is 0.490 e. The van der Waals surface area contributed by atoms with E-state index >= 15 is 0 Å². The van der Waals surface area contributed by atoms with E-state index in [1.165, 1.54) is 4.68 Å². The third-order valence-electron chi connectivity index (χ3n) is 6.00. The van der Waals surface area contributed by atoms with E-state index in [9.17, 15) is 4.79 Å². The molecule has 5 rings (SSSR count). The highest BCUT2D eigenvalue weighted by atomic mass is 79.9. The van der Waals surface area contributed by atoms with Crippen LogP contribution >= 0.6 is 31.9 Å². The molecule has 0 aliphatic heterocycles. The Morgan fingerprint density at radius 3 is 2.71 bits per heavy atom. The van der Waals surface area contributed by atoms with E-state index in [0.29, 0.717) is 46.2 Å². The highest BCUT2D eigenvalue weighted by molar-refractivity contribution is 9.10. The number of ether oxygens (including phenoxy) is 2. The van der Waals surface area contributed by atoms with Gasteiger partial charge in [0.1, 0.15) is 5.58 Å². The molecular weight excluding hydrogens is 614 g/mol. The summed E-state index contributed by atoms with van der Waals surface area (Å²) in [5.74, 6) is 1.97. The molecule has 0 spiro atoms. The van der Waals surface area contributed by atoms with Crippen molar-refractivity contribution >= 4 is 59.9 Å². The van der Waals surface area contributed by atoms with Crippen molar-refractivity contribution in [1.82, 2.24) is 9.66 Å².